The van der Waals surface area contributed by atoms with Gasteiger partial charge in [0.1, 0.15) is 12.3 Å². The third kappa shape index (κ3) is 2.25. The van der Waals surface area contributed by atoms with E-state index in [1.165, 1.54) is 6.26 Å². The van der Waals surface area contributed by atoms with E-state index in [0.29, 0.717) is 11.6 Å². The third-order valence-electron chi connectivity index (χ3n) is 2.32. The molecular weight excluding hydrogens is 202 g/mol. The summed E-state index contributed by atoms with van der Waals surface area (Å²) >= 11 is 0. The van der Waals surface area contributed by atoms with E-state index in [4.69, 9.17) is 9.68 Å². The Morgan fingerprint density at radius 2 is 2.21 bits per heavy atom. The second-order valence-corrected chi connectivity index (χ2v) is 3.21. The van der Waals surface area contributed by atoms with Crippen LogP contribution in [0.3, 0.4) is 0 Å². The number of nitriles is 1. The quantitative estimate of drug-likeness (QED) is 0.767. The molecule has 76 valence electrons. The molecule has 0 saturated carbocycles. The van der Waals surface area contributed by atoms with Crippen LogP contribution in [0.4, 0.5) is 0 Å². The highest BCUT2D eigenvalue weighted by atomic mass is 35.5. The van der Waals surface area contributed by atoms with Gasteiger partial charge in [0.15, 0.2) is 11.6 Å². The smallest absolute Gasteiger partial charge is 0.198 e. The van der Waals surface area contributed by atoms with Gasteiger partial charge in [-0.2, -0.15) is 5.26 Å². The van der Waals surface area contributed by atoms with Crippen LogP contribution in [0.5, 0.6) is 0 Å². The Morgan fingerprint density at radius 3 is 2.79 bits per heavy atom. The minimum Gasteiger partial charge on any atom is -0.447 e. The van der Waals surface area contributed by atoms with Crippen LogP contribution in [0.1, 0.15) is 30.3 Å². The molecule has 5 heteroatoms. The number of halogens is 1. The van der Waals surface area contributed by atoms with Crippen molar-refractivity contribution in [1.82, 2.24) is 10.3 Å². The summed E-state index contributed by atoms with van der Waals surface area (Å²) in [5.74, 6) is 1.11. The van der Waals surface area contributed by atoms with E-state index < -0.39 is 0 Å². The van der Waals surface area contributed by atoms with E-state index in [1.807, 2.05) is 6.07 Å². The van der Waals surface area contributed by atoms with Gasteiger partial charge in [-0.3, -0.25) is 0 Å². The molecule has 1 aliphatic heterocycles. The summed E-state index contributed by atoms with van der Waals surface area (Å²) < 4.78 is 5.23. The Morgan fingerprint density at radius 1 is 1.50 bits per heavy atom. The summed E-state index contributed by atoms with van der Waals surface area (Å²) in [6.07, 6.45) is 3.52. The van der Waals surface area contributed by atoms with Gasteiger partial charge < -0.3 is 9.73 Å². The summed E-state index contributed by atoms with van der Waals surface area (Å²) in [6, 6.07) is 1.97. The zero-order chi connectivity index (χ0) is 9.10. The van der Waals surface area contributed by atoms with E-state index in [1.54, 1.807) is 0 Å². The van der Waals surface area contributed by atoms with Crippen LogP contribution >= 0.6 is 12.4 Å². The molecule has 1 aliphatic rings. The van der Waals surface area contributed by atoms with Gasteiger partial charge in [-0.25, -0.2) is 4.98 Å². The van der Waals surface area contributed by atoms with Crippen molar-refractivity contribution >= 4 is 12.4 Å². The average molecular weight is 214 g/mol. The average Bonchev–Trinajstić information content (AvgIpc) is 2.67. The van der Waals surface area contributed by atoms with Crippen molar-refractivity contribution in [2.24, 2.45) is 0 Å². The highest BCUT2D eigenvalue weighted by molar-refractivity contribution is 5.85. The first-order valence-corrected chi connectivity index (χ1v) is 4.46. The number of rotatable bonds is 1. The number of oxazole rings is 1. The van der Waals surface area contributed by atoms with Crippen LogP contribution in [-0.2, 0) is 0 Å². The molecule has 0 aliphatic carbocycles. The Balaban J connectivity index is 0.000000980. The molecule has 1 saturated heterocycles. The summed E-state index contributed by atoms with van der Waals surface area (Å²) in [4.78, 5) is 4.10. The van der Waals surface area contributed by atoms with E-state index in [9.17, 15) is 0 Å². The fourth-order valence-electron chi connectivity index (χ4n) is 1.60. The number of nitrogens with zero attached hydrogens (tertiary/aromatic N) is 2. The van der Waals surface area contributed by atoms with Gasteiger partial charge in [0.05, 0.1) is 0 Å². The number of hydrogen-bond acceptors (Lipinski definition) is 4. The number of hydrogen-bond donors (Lipinski definition) is 1. The first kappa shape index (κ1) is 11.0. The molecular formula is C9H12ClN3O. The highest BCUT2D eigenvalue weighted by Crippen LogP contribution is 2.23. The Hall–Kier alpha value is -1.05. The molecule has 0 bridgehead atoms. The Bertz CT molecular complexity index is 325. The fourth-order valence-corrected chi connectivity index (χ4v) is 1.60. The molecule has 0 amide bonds. The van der Waals surface area contributed by atoms with Crippen molar-refractivity contribution < 1.29 is 4.42 Å². The molecule has 0 radical (unpaired) electrons. The molecule has 0 unspecified atom stereocenters. The number of aromatic nitrogens is 1. The number of piperidine rings is 1. The lowest BCUT2D eigenvalue weighted by Crippen LogP contribution is -2.26. The zero-order valence-electron chi connectivity index (χ0n) is 7.69. The van der Waals surface area contributed by atoms with Gasteiger partial charge in [0.25, 0.3) is 0 Å². The maximum Gasteiger partial charge on any atom is 0.198 e. The molecule has 1 fully saturated rings. The van der Waals surface area contributed by atoms with Gasteiger partial charge in [-0.05, 0) is 25.9 Å². The maximum absolute atomic E-state index is 8.56. The van der Waals surface area contributed by atoms with Crippen LogP contribution in [0.25, 0.3) is 0 Å². The standard InChI is InChI=1S/C9H11N3O.ClH/c10-5-8-6-13-9(12-8)7-1-3-11-4-2-7;/h6-7,11H,1-4H2;1H. The fraction of sp³-hybridized carbons (Fsp3) is 0.556. The molecule has 0 spiro atoms. The van der Waals surface area contributed by atoms with E-state index >= 15 is 0 Å². The Labute approximate surface area is 88.7 Å². The first-order chi connectivity index (χ1) is 6.40. The van der Waals surface area contributed by atoms with Gasteiger partial charge in [-0.1, -0.05) is 0 Å². The van der Waals surface area contributed by atoms with Crippen LogP contribution in [0.2, 0.25) is 0 Å². The molecule has 0 aromatic carbocycles. The number of nitrogens with one attached hydrogen (secondary N) is 1. The molecule has 1 N–H and O–H groups in total. The lowest BCUT2D eigenvalue weighted by Gasteiger charge is -2.19. The summed E-state index contributed by atoms with van der Waals surface area (Å²) in [6.45, 7) is 2.02. The van der Waals surface area contributed by atoms with Gasteiger partial charge in [0, 0.05) is 5.92 Å². The van der Waals surface area contributed by atoms with Crippen LogP contribution in [-0.4, -0.2) is 18.1 Å². The van der Waals surface area contributed by atoms with Crippen molar-refractivity contribution in [3.05, 3.63) is 17.8 Å². The van der Waals surface area contributed by atoms with Gasteiger partial charge in [0.2, 0.25) is 0 Å². The Kier molecular flexibility index (Phi) is 3.93. The minimum atomic E-state index is 0. The molecule has 2 heterocycles. The lowest BCUT2D eigenvalue weighted by molar-refractivity contribution is 0.374. The topological polar surface area (TPSA) is 61.9 Å². The minimum absolute atomic E-state index is 0. The molecule has 0 atom stereocenters. The van der Waals surface area contributed by atoms with Crippen LogP contribution in [0.15, 0.2) is 10.7 Å². The second-order valence-electron chi connectivity index (χ2n) is 3.21. The predicted octanol–water partition coefficient (Wildman–Crippen LogP) is 1.44. The highest BCUT2D eigenvalue weighted by Gasteiger charge is 2.19. The summed E-state index contributed by atoms with van der Waals surface area (Å²) in [5.41, 5.74) is 0.383. The summed E-state index contributed by atoms with van der Waals surface area (Å²) in [5, 5.41) is 11.8. The molecule has 1 aromatic rings. The lowest BCUT2D eigenvalue weighted by atomic mass is 9.98. The maximum atomic E-state index is 8.56. The molecule has 2 rings (SSSR count). The third-order valence-corrected chi connectivity index (χ3v) is 2.32. The molecule has 1 aromatic heterocycles. The van der Waals surface area contributed by atoms with Crippen molar-refractivity contribution in [3.8, 4) is 6.07 Å². The van der Waals surface area contributed by atoms with Crippen LogP contribution < -0.4 is 5.32 Å². The van der Waals surface area contributed by atoms with Crippen molar-refractivity contribution in [2.75, 3.05) is 13.1 Å². The molecule has 14 heavy (non-hydrogen) atoms. The molecule has 4 nitrogen and oxygen atoms in total. The SMILES string of the molecule is Cl.N#Cc1coc(C2CCNCC2)n1. The predicted molar refractivity (Wildman–Crippen MR) is 53.3 cm³/mol. The van der Waals surface area contributed by atoms with E-state index in [2.05, 4.69) is 10.3 Å². The van der Waals surface area contributed by atoms with Crippen LogP contribution in [0, 0.1) is 11.3 Å². The zero-order valence-corrected chi connectivity index (χ0v) is 8.51. The largest absolute Gasteiger partial charge is 0.447 e. The van der Waals surface area contributed by atoms with Crippen molar-refractivity contribution in [1.29, 1.82) is 5.26 Å². The van der Waals surface area contributed by atoms with Crippen molar-refractivity contribution in [2.45, 2.75) is 18.8 Å². The van der Waals surface area contributed by atoms with Gasteiger partial charge >= 0.3 is 0 Å². The summed E-state index contributed by atoms with van der Waals surface area (Å²) in [7, 11) is 0. The van der Waals surface area contributed by atoms with E-state index in [-0.39, 0.29) is 12.4 Å². The first-order valence-electron chi connectivity index (χ1n) is 4.46. The van der Waals surface area contributed by atoms with Gasteiger partial charge in [-0.15, -0.1) is 12.4 Å². The normalized spacial score (nSPS) is 17.1. The van der Waals surface area contributed by atoms with Crippen molar-refractivity contribution in [3.63, 3.8) is 0 Å². The second kappa shape index (κ2) is 4.99. The monoisotopic (exact) mass is 213 g/mol. The van der Waals surface area contributed by atoms with E-state index in [0.717, 1.165) is 31.8 Å².